The summed E-state index contributed by atoms with van der Waals surface area (Å²) in [5.41, 5.74) is 1.83. The van der Waals surface area contributed by atoms with Gasteiger partial charge in [0.15, 0.2) is 0 Å². The van der Waals surface area contributed by atoms with Gasteiger partial charge in [-0.05, 0) is 50.6 Å². The van der Waals surface area contributed by atoms with Crippen LogP contribution in [-0.4, -0.2) is 29.5 Å². The molecule has 0 bridgehead atoms. The maximum Gasteiger partial charge on any atom is 0.321 e. The summed E-state index contributed by atoms with van der Waals surface area (Å²) >= 11 is 0. The summed E-state index contributed by atoms with van der Waals surface area (Å²) < 4.78 is 5.79. The molecule has 2 atom stereocenters. The number of imide groups is 1. The Morgan fingerprint density at radius 1 is 1.15 bits per heavy atom. The Labute approximate surface area is 159 Å². The van der Waals surface area contributed by atoms with Crippen molar-refractivity contribution in [3.63, 3.8) is 0 Å². The van der Waals surface area contributed by atoms with Crippen molar-refractivity contribution >= 4 is 11.9 Å². The Bertz CT molecular complexity index is 752. The van der Waals surface area contributed by atoms with Crippen LogP contribution in [0.5, 0.6) is 5.75 Å². The third-order valence-corrected chi connectivity index (χ3v) is 3.94. The van der Waals surface area contributed by atoms with Crippen LogP contribution in [0.2, 0.25) is 0 Å². The van der Waals surface area contributed by atoms with Crippen molar-refractivity contribution in [3.05, 3.63) is 59.9 Å². The molecule has 1 heterocycles. The third kappa shape index (κ3) is 6.71. The maximum absolute atomic E-state index is 12.1. The molecule has 0 unspecified atom stereocenters. The zero-order chi connectivity index (χ0) is 19.6. The highest BCUT2D eigenvalue weighted by atomic mass is 16.5. The molecule has 0 saturated carbocycles. The van der Waals surface area contributed by atoms with Crippen LogP contribution < -0.4 is 20.7 Å². The first-order valence-electron chi connectivity index (χ1n) is 8.97. The highest BCUT2D eigenvalue weighted by Crippen LogP contribution is 2.20. The van der Waals surface area contributed by atoms with Crippen molar-refractivity contribution in [1.82, 2.24) is 20.9 Å². The van der Waals surface area contributed by atoms with Crippen molar-refractivity contribution in [2.75, 3.05) is 6.54 Å². The minimum atomic E-state index is -0.527. The Balaban J connectivity index is 1.91. The summed E-state index contributed by atoms with van der Waals surface area (Å²) in [5, 5.41) is 8.02. The molecule has 0 spiro atoms. The molecule has 7 nitrogen and oxygen atoms in total. The lowest BCUT2D eigenvalue weighted by Gasteiger charge is -2.20. The molecule has 0 aliphatic rings. The number of amides is 3. The molecule has 1 aromatic heterocycles. The van der Waals surface area contributed by atoms with Crippen LogP contribution in [0.1, 0.15) is 38.1 Å². The number of carbonyl (C=O) groups is 2. The van der Waals surface area contributed by atoms with Crippen molar-refractivity contribution in [3.8, 4) is 5.75 Å². The van der Waals surface area contributed by atoms with Gasteiger partial charge in [-0.1, -0.05) is 18.2 Å². The number of hydrogen-bond acceptors (Lipinski definition) is 5. The van der Waals surface area contributed by atoms with Gasteiger partial charge >= 0.3 is 6.03 Å². The molecule has 0 fully saturated rings. The van der Waals surface area contributed by atoms with E-state index in [1.165, 1.54) is 0 Å². The molecule has 2 rings (SSSR count). The number of carbonyl (C=O) groups excluding carboxylic acids is 2. The highest BCUT2D eigenvalue weighted by Gasteiger charge is 2.18. The Kier molecular flexibility index (Phi) is 7.76. The first-order chi connectivity index (χ1) is 13.0. The average Bonchev–Trinajstić information content (AvgIpc) is 2.67. The Morgan fingerprint density at radius 3 is 2.67 bits per heavy atom. The lowest BCUT2D eigenvalue weighted by atomic mass is 10.1. The van der Waals surface area contributed by atoms with E-state index in [1.54, 1.807) is 20.0 Å². The van der Waals surface area contributed by atoms with Crippen molar-refractivity contribution in [2.24, 2.45) is 0 Å². The summed E-state index contributed by atoms with van der Waals surface area (Å²) in [5.74, 6) is 0.349. The summed E-state index contributed by atoms with van der Waals surface area (Å²) in [4.78, 5) is 27.7. The van der Waals surface area contributed by atoms with Gasteiger partial charge in [-0.15, -0.1) is 0 Å². The topological polar surface area (TPSA) is 92.4 Å². The predicted octanol–water partition coefficient (Wildman–Crippen LogP) is 2.55. The van der Waals surface area contributed by atoms with Gasteiger partial charge in [0.1, 0.15) is 12.4 Å². The minimum absolute atomic E-state index is 0.0987. The predicted molar refractivity (Wildman–Crippen MR) is 103 cm³/mol. The molecule has 1 aromatic carbocycles. The largest absolute Gasteiger partial charge is 0.487 e. The molecule has 0 aliphatic heterocycles. The first kappa shape index (κ1) is 20.4. The number of aromatic nitrogens is 1. The summed E-state index contributed by atoms with van der Waals surface area (Å²) in [6.45, 7) is 6.30. The Morgan fingerprint density at radius 2 is 1.96 bits per heavy atom. The van der Waals surface area contributed by atoms with E-state index in [2.05, 4.69) is 20.9 Å². The number of benzene rings is 1. The van der Waals surface area contributed by atoms with Crippen molar-refractivity contribution in [2.45, 2.75) is 39.5 Å². The quantitative estimate of drug-likeness (QED) is 0.664. The van der Waals surface area contributed by atoms with E-state index < -0.39 is 12.1 Å². The van der Waals surface area contributed by atoms with E-state index in [0.29, 0.717) is 13.2 Å². The number of rotatable bonds is 8. The smallest absolute Gasteiger partial charge is 0.321 e. The lowest BCUT2D eigenvalue weighted by molar-refractivity contribution is -0.121. The summed E-state index contributed by atoms with van der Waals surface area (Å²) in [6.07, 6.45) is 1.73. The van der Waals surface area contributed by atoms with Gasteiger partial charge in [-0.2, -0.15) is 0 Å². The van der Waals surface area contributed by atoms with E-state index >= 15 is 0 Å². The lowest BCUT2D eigenvalue weighted by Crippen LogP contribution is -2.48. The fourth-order valence-electron chi connectivity index (χ4n) is 2.49. The van der Waals surface area contributed by atoms with Crippen LogP contribution in [0.4, 0.5) is 4.79 Å². The van der Waals surface area contributed by atoms with Crippen LogP contribution in [0, 0.1) is 0 Å². The second-order valence-corrected chi connectivity index (χ2v) is 6.14. The minimum Gasteiger partial charge on any atom is -0.487 e. The molecule has 144 valence electrons. The zero-order valence-electron chi connectivity index (χ0n) is 15.9. The van der Waals surface area contributed by atoms with Crippen LogP contribution in [-0.2, 0) is 11.4 Å². The van der Waals surface area contributed by atoms with Crippen LogP contribution in [0.15, 0.2) is 48.7 Å². The molecule has 27 heavy (non-hydrogen) atoms. The number of ether oxygens (including phenoxy) is 1. The second-order valence-electron chi connectivity index (χ2n) is 6.14. The van der Waals surface area contributed by atoms with Gasteiger partial charge in [-0.25, -0.2) is 4.79 Å². The van der Waals surface area contributed by atoms with Crippen LogP contribution in [0.25, 0.3) is 0 Å². The zero-order valence-corrected chi connectivity index (χ0v) is 15.9. The highest BCUT2D eigenvalue weighted by molar-refractivity contribution is 5.96. The van der Waals surface area contributed by atoms with Gasteiger partial charge < -0.3 is 10.1 Å². The standard InChI is InChI=1S/C20H26N4O3/c1-4-21-20(26)24-19(25)15(3)23-14(2)16-8-7-10-18(12-16)27-13-17-9-5-6-11-22-17/h5-12,14-15,23H,4,13H2,1-3H3,(H2,21,24,25,26)/t14-,15-/m0/s1. The third-order valence-electron chi connectivity index (χ3n) is 3.94. The number of nitrogens with zero attached hydrogens (tertiary/aromatic N) is 1. The van der Waals surface area contributed by atoms with Crippen molar-refractivity contribution < 1.29 is 14.3 Å². The molecule has 3 N–H and O–H groups in total. The average molecular weight is 370 g/mol. The first-order valence-corrected chi connectivity index (χ1v) is 8.97. The van der Waals surface area contributed by atoms with E-state index in [1.807, 2.05) is 49.4 Å². The number of urea groups is 1. The normalized spacial score (nSPS) is 12.7. The monoisotopic (exact) mass is 370 g/mol. The summed E-state index contributed by atoms with van der Waals surface area (Å²) in [7, 11) is 0. The van der Waals surface area contributed by atoms with Gasteiger partial charge in [0.25, 0.3) is 0 Å². The molecule has 7 heteroatoms. The van der Waals surface area contributed by atoms with Crippen LogP contribution >= 0.6 is 0 Å². The fourth-order valence-corrected chi connectivity index (χ4v) is 2.49. The summed E-state index contributed by atoms with van der Waals surface area (Å²) in [6, 6.07) is 12.2. The maximum atomic E-state index is 12.1. The fraction of sp³-hybridized carbons (Fsp3) is 0.350. The van der Waals surface area contributed by atoms with E-state index in [-0.39, 0.29) is 11.9 Å². The van der Waals surface area contributed by atoms with E-state index in [4.69, 9.17) is 4.74 Å². The molecule has 0 radical (unpaired) electrons. The van der Waals surface area contributed by atoms with Gasteiger partial charge in [0.05, 0.1) is 11.7 Å². The Hall–Kier alpha value is -2.93. The van der Waals surface area contributed by atoms with Crippen LogP contribution in [0.3, 0.4) is 0 Å². The van der Waals surface area contributed by atoms with Gasteiger partial charge in [0.2, 0.25) is 5.91 Å². The van der Waals surface area contributed by atoms with Gasteiger partial charge in [0, 0.05) is 18.8 Å². The molecule has 0 aliphatic carbocycles. The molecule has 2 aromatic rings. The van der Waals surface area contributed by atoms with E-state index in [0.717, 1.165) is 17.0 Å². The van der Waals surface area contributed by atoms with Gasteiger partial charge in [-0.3, -0.25) is 20.4 Å². The molecular weight excluding hydrogens is 344 g/mol. The molecule has 3 amide bonds. The number of nitrogens with one attached hydrogen (secondary N) is 3. The molecular formula is C20H26N4O3. The second kappa shape index (κ2) is 10.3. The number of pyridine rings is 1. The molecule has 0 saturated heterocycles. The van der Waals surface area contributed by atoms with E-state index in [9.17, 15) is 9.59 Å². The SMILES string of the molecule is CCNC(=O)NC(=O)[C@H](C)N[C@@H](C)c1cccc(OCc2ccccn2)c1. The number of hydrogen-bond donors (Lipinski definition) is 3. The van der Waals surface area contributed by atoms with Crippen molar-refractivity contribution in [1.29, 1.82) is 0 Å².